The van der Waals surface area contributed by atoms with Gasteiger partial charge in [-0.3, -0.25) is 0 Å². The molecule has 0 aromatic carbocycles. The monoisotopic (exact) mass is 167 g/mol. The van der Waals surface area contributed by atoms with Crippen molar-refractivity contribution in [1.82, 2.24) is 5.32 Å². The van der Waals surface area contributed by atoms with E-state index in [0.717, 1.165) is 6.54 Å². The van der Waals surface area contributed by atoms with Crippen LogP contribution in [-0.2, 0) is 0 Å². The van der Waals surface area contributed by atoms with Crippen molar-refractivity contribution in [2.75, 3.05) is 13.1 Å². The Kier molecular flexibility index (Phi) is 3.33. The molecule has 0 unspecified atom stereocenters. The highest BCUT2D eigenvalue weighted by Gasteiger charge is 2.16. The summed E-state index contributed by atoms with van der Waals surface area (Å²) in [5, 5.41) is 3.41. The zero-order chi connectivity index (χ0) is 9.03. The molecule has 0 bridgehead atoms. The van der Waals surface area contributed by atoms with E-state index in [1.54, 1.807) is 5.57 Å². The SMILES string of the molecule is CC(C)(C)/C1=C/CCNCCC1. The molecule has 0 atom stereocenters. The van der Waals surface area contributed by atoms with Gasteiger partial charge in [0.15, 0.2) is 0 Å². The van der Waals surface area contributed by atoms with E-state index in [9.17, 15) is 0 Å². The van der Waals surface area contributed by atoms with Gasteiger partial charge in [-0.25, -0.2) is 0 Å². The third kappa shape index (κ3) is 2.98. The summed E-state index contributed by atoms with van der Waals surface area (Å²) in [6, 6.07) is 0. The maximum absolute atomic E-state index is 3.41. The maximum Gasteiger partial charge on any atom is -0.00142 e. The van der Waals surface area contributed by atoms with Crippen LogP contribution in [0.3, 0.4) is 0 Å². The second-order valence-corrected chi connectivity index (χ2v) is 4.62. The van der Waals surface area contributed by atoms with Gasteiger partial charge in [0, 0.05) is 0 Å². The van der Waals surface area contributed by atoms with Crippen LogP contribution in [0.4, 0.5) is 0 Å². The Balaban J connectivity index is 2.59. The van der Waals surface area contributed by atoms with E-state index in [1.165, 1.54) is 25.8 Å². The van der Waals surface area contributed by atoms with E-state index in [-0.39, 0.29) is 0 Å². The van der Waals surface area contributed by atoms with Crippen LogP contribution in [0.5, 0.6) is 0 Å². The molecule has 70 valence electrons. The smallest absolute Gasteiger partial charge is 0.00142 e. The summed E-state index contributed by atoms with van der Waals surface area (Å²) < 4.78 is 0. The molecule has 12 heavy (non-hydrogen) atoms. The number of hydrogen-bond donors (Lipinski definition) is 1. The largest absolute Gasteiger partial charge is 0.316 e. The van der Waals surface area contributed by atoms with Gasteiger partial charge in [0.1, 0.15) is 0 Å². The summed E-state index contributed by atoms with van der Waals surface area (Å²) in [4.78, 5) is 0. The summed E-state index contributed by atoms with van der Waals surface area (Å²) in [6.07, 6.45) is 6.19. The minimum absolute atomic E-state index is 0.386. The van der Waals surface area contributed by atoms with E-state index in [1.807, 2.05) is 0 Å². The fraction of sp³-hybridized carbons (Fsp3) is 0.818. The van der Waals surface area contributed by atoms with Gasteiger partial charge in [-0.2, -0.15) is 0 Å². The molecule has 1 aliphatic heterocycles. The first-order chi connectivity index (χ1) is 5.61. The van der Waals surface area contributed by atoms with Crippen LogP contribution in [0.2, 0.25) is 0 Å². The van der Waals surface area contributed by atoms with Crippen molar-refractivity contribution in [2.24, 2.45) is 5.41 Å². The number of rotatable bonds is 0. The van der Waals surface area contributed by atoms with Crippen LogP contribution >= 0.6 is 0 Å². The minimum atomic E-state index is 0.386. The number of allylic oxidation sites excluding steroid dienone is 1. The Morgan fingerprint density at radius 3 is 2.67 bits per heavy atom. The molecule has 1 N–H and O–H groups in total. The van der Waals surface area contributed by atoms with Crippen molar-refractivity contribution >= 4 is 0 Å². The lowest BCUT2D eigenvalue weighted by Crippen LogP contribution is -2.20. The van der Waals surface area contributed by atoms with Crippen molar-refractivity contribution in [3.05, 3.63) is 11.6 Å². The van der Waals surface area contributed by atoms with Crippen LogP contribution in [0, 0.1) is 5.41 Å². The Labute approximate surface area is 76.2 Å². The summed E-state index contributed by atoms with van der Waals surface area (Å²) in [7, 11) is 0. The third-order valence-corrected chi connectivity index (χ3v) is 2.47. The minimum Gasteiger partial charge on any atom is -0.316 e. The highest BCUT2D eigenvalue weighted by molar-refractivity contribution is 5.11. The first-order valence-corrected chi connectivity index (χ1v) is 5.01. The molecular formula is C11H21N. The highest BCUT2D eigenvalue weighted by atomic mass is 14.8. The van der Waals surface area contributed by atoms with Gasteiger partial charge in [-0.05, 0) is 37.8 Å². The van der Waals surface area contributed by atoms with Crippen LogP contribution in [0.1, 0.15) is 40.0 Å². The van der Waals surface area contributed by atoms with E-state index in [0.29, 0.717) is 5.41 Å². The standard InChI is InChI=1S/C11H21N/c1-11(2,3)10-6-4-8-12-9-5-7-10/h6,12H,4-5,7-9H2,1-3H3/b10-6+. The Bertz CT molecular complexity index is 162. The average Bonchev–Trinajstić information content (AvgIpc) is 1.81. The van der Waals surface area contributed by atoms with E-state index in [2.05, 4.69) is 32.2 Å². The van der Waals surface area contributed by atoms with Crippen molar-refractivity contribution in [3.8, 4) is 0 Å². The third-order valence-electron chi connectivity index (χ3n) is 2.47. The Morgan fingerprint density at radius 1 is 1.25 bits per heavy atom. The first-order valence-electron chi connectivity index (χ1n) is 5.01. The molecule has 0 aromatic heterocycles. The van der Waals surface area contributed by atoms with Gasteiger partial charge >= 0.3 is 0 Å². The highest BCUT2D eigenvalue weighted by Crippen LogP contribution is 2.29. The van der Waals surface area contributed by atoms with Crippen molar-refractivity contribution in [2.45, 2.75) is 40.0 Å². The first kappa shape index (κ1) is 9.79. The lowest BCUT2D eigenvalue weighted by molar-refractivity contribution is 0.464. The molecule has 0 saturated heterocycles. The van der Waals surface area contributed by atoms with Crippen LogP contribution < -0.4 is 5.32 Å². The van der Waals surface area contributed by atoms with Gasteiger partial charge in [0.05, 0.1) is 0 Å². The molecule has 0 spiro atoms. The van der Waals surface area contributed by atoms with Crippen molar-refractivity contribution in [1.29, 1.82) is 0 Å². The van der Waals surface area contributed by atoms with Crippen LogP contribution in [-0.4, -0.2) is 13.1 Å². The molecule has 0 saturated carbocycles. The summed E-state index contributed by atoms with van der Waals surface area (Å²) in [6.45, 7) is 9.28. The Morgan fingerprint density at radius 2 is 2.00 bits per heavy atom. The quantitative estimate of drug-likeness (QED) is 0.547. The van der Waals surface area contributed by atoms with Crippen LogP contribution in [0.25, 0.3) is 0 Å². The van der Waals surface area contributed by atoms with Gasteiger partial charge in [-0.15, -0.1) is 0 Å². The van der Waals surface area contributed by atoms with Crippen molar-refractivity contribution < 1.29 is 0 Å². The molecule has 0 aliphatic carbocycles. The Hall–Kier alpha value is -0.300. The lowest BCUT2D eigenvalue weighted by Gasteiger charge is -2.24. The molecule has 0 fully saturated rings. The maximum atomic E-state index is 3.41. The molecule has 0 aromatic rings. The molecule has 1 heteroatoms. The van der Waals surface area contributed by atoms with Gasteiger partial charge in [0.2, 0.25) is 0 Å². The van der Waals surface area contributed by atoms with Gasteiger partial charge < -0.3 is 5.32 Å². The summed E-state index contributed by atoms with van der Waals surface area (Å²) >= 11 is 0. The second kappa shape index (κ2) is 4.08. The topological polar surface area (TPSA) is 12.0 Å². The molecular weight excluding hydrogens is 146 g/mol. The molecule has 0 amide bonds. The average molecular weight is 167 g/mol. The normalized spacial score (nSPS) is 25.4. The summed E-state index contributed by atoms with van der Waals surface area (Å²) in [5.74, 6) is 0. The van der Waals surface area contributed by atoms with E-state index in [4.69, 9.17) is 0 Å². The fourth-order valence-corrected chi connectivity index (χ4v) is 1.66. The molecule has 1 heterocycles. The fourth-order valence-electron chi connectivity index (χ4n) is 1.66. The zero-order valence-corrected chi connectivity index (χ0v) is 8.61. The predicted molar refractivity (Wildman–Crippen MR) is 54.3 cm³/mol. The van der Waals surface area contributed by atoms with E-state index >= 15 is 0 Å². The second-order valence-electron chi connectivity index (χ2n) is 4.62. The zero-order valence-electron chi connectivity index (χ0n) is 8.61. The molecule has 1 rings (SSSR count). The van der Waals surface area contributed by atoms with E-state index < -0.39 is 0 Å². The molecule has 1 nitrogen and oxygen atoms in total. The molecule has 1 aliphatic rings. The summed E-state index contributed by atoms with van der Waals surface area (Å²) in [5.41, 5.74) is 2.03. The molecule has 0 radical (unpaired) electrons. The predicted octanol–water partition coefficient (Wildman–Crippen LogP) is 2.73. The van der Waals surface area contributed by atoms with Gasteiger partial charge in [-0.1, -0.05) is 32.4 Å². The number of hydrogen-bond acceptors (Lipinski definition) is 1. The van der Waals surface area contributed by atoms with Crippen molar-refractivity contribution in [3.63, 3.8) is 0 Å². The lowest BCUT2D eigenvalue weighted by atomic mass is 9.83. The van der Waals surface area contributed by atoms with Crippen LogP contribution in [0.15, 0.2) is 11.6 Å². The number of nitrogens with one attached hydrogen (secondary N) is 1. The van der Waals surface area contributed by atoms with Gasteiger partial charge in [0.25, 0.3) is 0 Å².